The minimum Gasteiger partial charge on any atom is -0.466 e. The predicted octanol–water partition coefficient (Wildman–Crippen LogP) is 5.18. The number of halogens is 2. The van der Waals surface area contributed by atoms with Crippen molar-refractivity contribution in [3.05, 3.63) is 74.4 Å². The van der Waals surface area contributed by atoms with Crippen molar-refractivity contribution in [3.63, 3.8) is 0 Å². The van der Waals surface area contributed by atoms with Crippen LogP contribution >= 0.6 is 35.0 Å². The van der Waals surface area contributed by atoms with E-state index in [0.717, 1.165) is 21.6 Å². The third-order valence-electron chi connectivity index (χ3n) is 4.57. The van der Waals surface area contributed by atoms with Crippen molar-refractivity contribution >= 4 is 47.0 Å². The number of urea groups is 1. The maximum atomic E-state index is 12.7. The summed E-state index contributed by atoms with van der Waals surface area (Å²) in [4.78, 5) is 25.8. The van der Waals surface area contributed by atoms with Crippen molar-refractivity contribution < 1.29 is 14.3 Å². The SMILES string of the molecule is COC(=O)C1=C(CSc2cc(Cl)ccc2Cl)NC(=O)N[C@@H]1c1cc(C)ccc1C. The lowest BCUT2D eigenvalue weighted by Crippen LogP contribution is -2.46. The highest BCUT2D eigenvalue weighted by Crippen LogP contribution is 2.35. The number of amides is 2. The molecule has 0 radical (unpaired) electrons. The summed E-state index contributed by atoms with van der Waals surface area (Å²) in [6.07, 6.45) is 0. The molecule has 2 amide bonds. The topological polar surface area (TPSA) is 67.4 Å². The molecule has 1 heterocycles. The van der Waals surface area contributed by atoms with Crippen molar-refractivity contribution in [3.8, 4) is 0 Å². The fraction of sp³-hybridized carbons (Fsp3) is 0.238. The summed E-state index contributed by atoms with van der Waals surface area (Å²) in [5.41, 5.74) is 3.70. The summed E-state index contributed by atoms with van der Waals surface area (Å²) >= 11 is 13.7. The molecule has 2 N–H and O–H groups in total. The Morgan fingerprint density at radius 3 is 2.66 bits per heavy atom. The lowest BCUT2D eigenvalue weighted by Gasteiger charge is -2.30. The van der Waals surface area contributed by atoms with Gasteiger partial charge >= 0.3 is 12.0 Å². The highest BCUT2D eigenvalue weighted by atomic mass is 35.5. The van der Waals surface area contributed by atoms with Gasteiger partial charge in [0, 0.05) is 21.4 Å². The molecule has 0 saturated heterocycles. The van der Waals surface area contributed by atoms with E-state index >= 15 is 0 Å². The van der Waals surface area contributed by atoms with Crippen LogP contribution in [0.2, 0.25) is 10.0 Å². The van der Waals surface area contributed by atoms with Crippen LogP contribution in [0.4, 0.5) is 4.79 Å². The number of methoxy groups -OCH3 is 1. The molecule has 0 spiro atoms. The minimum atomic E-state index is -0.610. The largest absolute Gasteiger partial charge is 0.466 e. The molecule has 0 saturated carbocycles. The van der Waals surface area contributed by atoms with Crippen LogP contribution in [0.25, 0.3) is 0 Å². The number of carbonyl (C=O) groups excluding carboxylic acids is 2. The second-order valence-corrected chi connectivity index (χ2v) is 8.50. The van der Waals surface area contributed by atoms with Gasteiger partial charge in [0.05, 0.1) is 23.7 Å². The van der Waals surface area contributed by atoms with E-state index < -0.39 is 12.0 Å². The number of ether oxygens (including phenoxy) is 1. The Balaban J connectivity index is 2.03. The molecule has 3 rings (SSSR count). The molecule has 152 valence electrons. The van der Waals surface area contributed by atoms with Gasteiger partial charge in [-0.3, -0.25) is 0 Å². The molecule has 1 aliphatic heterocycles. The fourth-order valence-corrected chi connectivity index (χ4v) is 4.59. The van der Waals surface area contributed by atoms with Crippen LogP contribution in [0.3, 0.4) is 0 Å². The first-order chi connectivity index (χ1) is 13.8. The van der Waals surface area contributed by atoms with Crippen molar-refractivity contribution in [2.75, 3.05) is 12.9 Å². The van der Waals surface area contributed by atoms with Gasteiger partial charge < -0.3 is 15.4 Å². The Hall–Kier alpha value is -2.15. The molecule has 1 atom stereocenters. The lowest BCUT2D eigenvalue weighted by atomic mass is 9.91. The van der Waals surface area contributed by atoms with Crippen molar-refractivity contribution in [1.82, 2.24) is 10.6 Å². The van der Waals surface area contributed by atoms with Gasteiger partial charge in [0.25, 0.3) is 0 Å². The lowest BCUT2D eigenvalue weighted by molar-refractivity contribution is -0.136. The Bertz CT molecular complexity index is 1010. The minimum absolute atomic E-state index is 0.319. The third-order valence-corrected chi connectivity index (χ3v) is 6.33. The molecule has 2 aromatic carbocycles. The van der Waals surface area contributed by atoms with E-state index in [4.69, 9.17) is 27.9 Å². The number of benzene rings is 2. The van der Waals surface area contributed by atoms with E-state index in [1.807, 2.05) is 32.0 Å². The van der Waals surface area contributed by atoms with Gasteiger partial charge in [-0.1, -0.05) is 47.0 Å². The molecule has 2 aromatic rings. The van der Waals surface area contributed by atoms with Gasteiger partial charge in [-0.15, -0.1) is 11.8 Å². The maximum absolute atomic E-state index is 12.7. The zero-order valence-corrected chi connectivity index (χ0v) is 18.5. The molecule has 0 unspecified atom stereocenters. The van der Waals surface area contributed by atoms with Gasteiger partial charge in [0.15, 0.2) is 0 Å². The molecule has 0 aromatic heterocycles. The zero-order chi connectivity index (χ0) is 21.1. The average Bonchev–Trinajstić information content (AvgIpc) is 2.69. The monoisotopic (exact) mass is 450 g/mol. The van der Waals surface area contributed by atoms with E-state index in [-0.39, 0.29) is 6.03 Å². The van der Waals surface area contributed by atoms with Crippen LogP contribution in [0.15, 0.2) is 52.6 Å². The summed E-state index contributed by atoms with van der Waals surface area (Å²) in [7, 11) is 1.32. The third kappa shape index (κ3) is 4.89. The van der Waals surface area contributed by atoms with E-state index in [0.29, 0.717) is 27.1 Å². The number of hydrogen-bond donors (Lipinski definition) is 2. The average molecular weight is 451 g/mol. The summed E-state index contributed by atoms with van der Waals surface area (Å²) in [6, 6.07) is 10.1. The van der Waals surface area contributed by atoms with Crippen LogP contribution in [0.5, 0.6) is 0 Å². The van der Waals surface area contributed by atoms with Crippen LogP contribution in [-0.2, 0) is 9.53 Å². The zero-order valence-electron chi connectivity index (χ0n) is 16.1. The van der Waals surface area contributed by atoms with Crippen LogP contribution in [0, 0.1) is 13.8 Å². The van der Waals surface area contributed by atoms with Crippen LogP contribution in [0.1, 0.15) is 22.7 Å². The first-order valence-electron chi connectivity index (χ1n) is 8.84. The fourth-order valence-electron chi connectivity index (χ4n) is 3.12. The Morgan fingerprint density at radius 2 is 1.93 bits per heavy atom. The second kappa shape index (κ2) is 9.11. The highest BCUT2D eigenvalue weighted by molar-refractivity contribution is 7.99. The first kappa shape index (κ1) is 21.6. The van der Waals surface area contributed by atoms with Crippen LogP contribution < -0.4 is 10.6 Å². The molecule has 0 fully saturated rings. The standard InChI is InChI=1S/C21H20Cl2N2O3S/c1-11-4-5-12(2)14(8-11)19-18(20(26)28-3)16(24-21(27)25-19)10-29-17-9-13(22)6-7-15(17)23/h4-9,19H,10H2,1-3H3,(H2,24,25,27)/t19-/m1/s1. The van der Waals surface area contributed by atoms with Gasteiger partial charge in [0.2, 0.25) is 0 Å². The molecular weight excluding hydrogens is 431 g/mol. The molecule has 0 aliphatic carbocycles. The molecule has 29 heavy (non-hydrogen) atoms. The van der Waals surface area contributed by atoms with Crippen molar-refractivity contribution in [2.45, 2.75) is 24.8 Å². The Kier molecular flexibility index (Phi) is 6.77. The summed E-state index contributed by atoms with van der Waals surface area (Å²) in [5, 5.41) is 6.71. The first-order valence-corrected chi connectivity index (χ1v) is 10.6. The maximum Gasteiger partial charge on any atom is 0.338 e. The number of rotatable bonds is 5. The number of esters is 1. The molecular formula is C21H20Cl2N2O3S. The van der Waals surface area contributed by atoms with E-state index in [1.165, 1.54) is 18.9 Å². The normalized spacial score (nSPS) is 16.3. The number of hydrogen-bond acceptors (Lipinski definition) is 4. The summed E-state index contributed by atoms with van der Waals surface area (Å²) < 4.78 is 5.03. The molecule has 1 aliphatic rings. The predicted molar refractivity (Wildman–Crippen MR) is 117 cm³/mol. The Labute approximate surface area is 183 Å². The Morgan fingerprint density at radius 1 is 1.17 bits per heavy atom. The second-order valence-electron chi connectivity index (χ2n) is 6.64. The van der Waals surface area contributed by atoms with E-state index in [9.17, 15) is 9.59 Å². The molecule has 5 nitrogen and oxygen atoms in total. The van der Waals surface area contributed by atoms with Gasteiger partial charge in [-0.05, 0) is 43.2 Å². The van der Waals surface area contributed by atoms with Crippen molar-refractivity contribution in [1.29, 1.82) is 0 Å². The van der Waals surface area contributed by atoms with Gasteiger partial charge in [0.1, 0.15) is 0 Å². The summed E-state index contributed by atoms with van der Waals surface area (Å²) in [6.45, 7) is 3.91. The summed E-state index contributed by atoms with van der Waals surface area (Å²) in [5.74, 6) is -0.185. The number of carbonyl (C=O) groups is 2. The van der Waals surface area contributed by atoms with Gasteiger partial charge in [-0.25, -0.2) is 9.59 Å². The molecule has 0 bridgehead atoms. The molecule has 8 heteroatoms. The number of thioether (sulfide) groups is 1. The highest BCUT2D eigenvalue weighted by Gasteiger charge is 2.34. The van der Waals surface area contributed by atoms with Crippen molar-refractivity contribution in [2.24, 2.45) is 0 Å². The number of aryl methyl sites for hydroxylation is 2. The quantitative estimate of drug-likeness (QED) is 0.486. The van der Waals surface area contributed by atoms with E-state index in [1.54, 1.807) is 18.2 Å². The number of nitrogens with one attached hydrogen (secondary N) is 2. The van der Waals surface area contributed by atoms with E-state index in [2.05, 4.69) is 10.6 Å². The smallest absolute Gasteiger partial charge is 0.338 e. The van der Waals surface area contributed by atoms with Crippen LogP contribution in [-0.4, -0.2) is 24.9 Å². The van der Waals surface area contributed by atoms with Gasteiger partial charge in [-0.2, -0.15) is 0 Å².